The maximum absolute atomic E-state index is 12.3. The number of β-amino-alcohol motifs (C(OH)–C–C–N with tert-alkyl or cyclic N) is 1. The van der Waals surface area contributed by atoms with Crippen molar-refractivity contribution in [2.45, 2.75) is 24.3 Å². The predicted octanol–water partition coefficient (Wildman–Crippen LogP) is 1.73. The third-order valence-electron chi connectivity index (χ3n) is 3.32. The molecule has 2 unspecified atom stereocenters. The van der Waals surface area contributed by atoms with Gasteiger partial charge in [-0.2, -0.15) is 4.31 Å². The molecule has 0 aromatic heterocycles. The Morgan fingerprint density at radius 2 is 2.17 bits per heavy atom. The molecular weight excluding hydrogens is 274 g/mol. The van der Waals surface area contributed by atoms with E-state index < -0.39 is 16.1 Å². The molecule has 1 heterocycles. The Labute approximate surface area is 112 Å². The highest BCUT2D eigenvalue weighted by Gasteiger charge is 2.32. The van der Waals surface area contributed by atoms with Gasteiger partial charge in [0.2, 0.25) is 10.0 Å². The maximum atomic E-state index is 12.3. The van der Waals surface area contributed by atoms with Crippen LogP contribution in [0.5, 0.6) is 0 Å². The number of benzene rings is 1. The summed E-state index contributed by atoms with van der Waals surface area (Å²) in [4.78, 5) is 0.178. The van der Waals surface area contributed by atoms with Crippen LogP contribution in [0.4, 0.5) is 0 Å². The van der Waals surface area contributed by atoms with E-state index in [2.05, 4.69) is 0 Å². The highest BCUT2D eigenvalue weighted by atomic mass is 35.5. The highest BCUT2D eigenvalue weighted by molar-refractivity contribution is 7.89. The molecule has 1 aliphatic rings. The van der Waals surface area contributed by atoms with Crippen LogP contribution in [0.15, 0.2) is 29.2 Å². The summed E-state index contributed by atoms with van der Waals surface area (Å²) in [6.07, 6.45) is 0.0636. The average molecular weight is 290 g/mol. The number of aliphatic hydroxyl groups is 1. The number of piperidine rings is 1. The average Bonchev–Trinajstić information content (AvgIpc) is 2.32. The smallest absolute Gasteiger partial charge is 0.243 e. The van der Waals surface area contributed by atoms with Crippen molar-refractivity contribution in [3.05, 3.63) is 29.3 Å². The van der Waals surface area contributed by atoms with E-state index in [1.165, 1.54) is 16.4 Å². The first-order valence-electron chi connectivity index (χ1n) is 5.85. The van der Waals surface area contributed by atoms with E-state index in [0.29, 0.717) is 18.0 Å². The van der Waals surface area contributed by atoms with Gasteiger partial charge in [0.05, 0.1) is 11.0 Å². The first kappa shape index (κ1) is 13.8. The Balaban J connectivity index is 2.27. The number of hydrogen-bond donors (Lipinski definition) is 1. The molecule has 0 bridgehead atoms. The Hall–Kier alpha value is -0.620. The summed E-state index contributed by atoms with van der Waals surface area (Å²) in [5.74, 6) is 0.135. The van der Waals surface area contributed by atoms with Crippen LogP contribution < -0.4 is 0 Å². The quantitative estimate of drug-likeness (QED) is 0.902. The molecule has 100 valence electrons. The minimum Gasteiger partial charge on any atom is -0.391 e. The van der Waals surface area contributed by atoms with Crippen molar-refractivity contribution in [1.82, 2.24) is 4.31 Å². The largest absolute Gasteiger partial charge is 0.391 e. The Kier molecular flexibility index (Phi) is 3.96. The fourth-order valence-electron chi connectivity index (χ4n) is 2.01. The third-order valence-corrected chi connectivity index (χ3v) is 5.41. The summed E-state index contributed by atoms with van der Waals surface area (Å²) in [7, 11) is -3.55. The van der Waals surface area contributed by atoms with Gasteiger partial charge >= 0.3 is 0 Å². The number of halogens is 1. The van der Waals surface area contributed by atoms with Crippen molar-refractivity contribution >= 4 is 21.6 Å². The number of aliphatic hydroxyl groups excluding tert-OH is 1. The molecule has 1 N–H and O–H groups in total. The zero-order valence-electron chi connectivity index (χ0n) is 10.1. The lowest BCUT2D eigenvalue weighted by Gasteiger charge is -2.33. The Morgan fingerprint density at radius 1 is 1.44 bits per heavy atom. The molecule has 0 aliphatic carbocycles. The topological polar surface area (TPSA) is 57.6 Å². The van der Waals surface area contributed by atoms with Crippen molar-refractivity contribution < 1.29 is 13.5 Å². The second-order valence-corrected chi connectivity index (χ2v) is 7.03. The molecule has 1 aromatic carbocycles. The predicted molar refractivity (Wildman–Crippen MR) is 70.0 cm³/mol. The van der Waals surface area contributed by atoms with Gasteiger partial charge in [0.25, 0.3) is 0 Å². The molecule has 1 aromatic rings. The van der Waals surface area contributed by atoms with E-state index in [9.17, 15) is 13.5 Å². The summed E-state index contributed by atoms with van der Waals surface area (Å²) < 4.78 is 26.0. The summed E-state index contributed by atoms with van der Waals surface area (Å²) in [6, 6.07) is 6.19. The number of sulfonamides is 1. The van der Waals surface area contributed by atoms with Crippen LogP contribution in [-0.4, -0.2) is 37.0 Å². The molecule has 0 radical (unpaired) electrons. The van der Waals surface area contributed by atoms with Crippen LogP contribution in [0, 0.1) is 5.92 Å². The standard InChI is InChI=1S/C12H16ClNO3S/c1-9-5-6-14(8-12(9)15)18(16,17)11-4-2-3-10(13)7-11/h2-4,7,9,12,15H,5-6,8H2,1H3. The van der Waals surface area contributed by atoms with Crippen LogP contribution in [0.3, 0.4) is 0 Å². The molecule has 4 nitrogen and oxygen atoms in total. The van der Waals surface area contributed by atoms with Gasteiger partial charge in [-0.05, 0) is 30.5 Å². The van der Waals surface area contributed by atoms with Crippen LogP contribution in [0.1, 0.15) is 13.3 Å². The van der Waals surface area contributed by atoms with Gasteiger partial charge in [-0.1, -0.05) is 24.6 Å². The summed E-state index contributed by atoms with van der Waals surface area (Å²) >= 11 is 5.81. The maximum Gasteiger partial charge on any atom is 0.243 e. The lowest BCUT2D eigenvalue weighted by atomic mass is 9.98. The van der Waals surface area contributed by atoms with Crippen molar-refractivity contribution in [3.63, 3.8) is 0 Å². The molecular formula is C12H16ClNO3S. The number of nitrogens with zero attached hydrogens (tertiary/aromatic N) is 1. The fourth-order valence-corrected chi connectivity index (χ4v) is 3.79. The summed E-state index contributed by atoms with van der Waals surface area (Å²) in [5, 5.41) is 10.2. The summed E-state index contributed by atoms with van der Waals surface area (Å²) in [6.45, 7) is 2.51. The monoisotopic (exact) mass is 289 g/mol. The van der Waals surface area contributed by atoms with Crippen molar-refractivity contribution in [2.24, 2.45) is 5.92 Å². The van der Waals surface area contributed by atoms with Gasteiger partial charge in [-0.15, -0.1) is 0 Å². The Morgan fingerprint density at radius 3 is 2.78 bits per heavy atom. The molecule has 6 heteroatoms. The molecule has 18 heavy (non-hydrogen) atoms. The van der Waals surface area contributed by atoms with E-state index >= 15 is 0 Å². The number of rotatable bonds is 2. The molecule has 0 amide bonds. The van der Waals surface area contributed by atoms with Crippen molar-refractivity contribution in [1.29, 1.82) is 0 Å². The molecule has 0 spiro atoms. The van der Waals surface area contributed by atoms with Crippen molar-refractivity contribution in [3.8, 4) is 0 Å². The normalized spacial score (nSPS) is 26.2. The molecule has 1 fully saturated rings. The second-order valence-electron chi connectivity index (χ2n) is 4.65. The minimum absolute atomic E-state index is 0.135. The van der Waals surface area contributed by atoms with Gasteiger partial charge in [-0.3, -0.25) is 0 Å². The first-order valence-corrected chi connectivity index (χ1v) is 7.67. The first-order chi connectivity index (χ1) is 8.41. The van der Waals surface area contributed by atoms with Crippen LogP contribution in [0.25, 0.3) is 0 Å². The van der Waals surface area contributed by atoms with Gasteiger partial charge in [0.1, 0.15) is 0 Å². The van der Waals surface area contributed by atoms with Gasteiger partial charge in [0.15, 0.2) is 0 Å². The highest BCUT2D eigenvalue weighted by Crippen LogP contribution is 2.25. The zero-order valence-corrected chi connectivity index (χ0v) is 11.7. The van der Waals surface area contributed by atoms with E-state index in [0.717, 1.165) is 0 Å². The third kappa shape index (κ3) is 2.69. The Bertz CT molecular complexity index is 532. The van der Waals surface area contributed by atoms with E-state index in [4.69, 9.17) is 11.6 Å². The van der Waals surface area contributed by atoms with Gasteiger partial charge in [0, 0.05) is 18.1 Å². The molecule has 2 rings (SSSR count). The van der Waals surface area contributed by atoms with E-state index in [-0.39, 0.29) is 17.4 Å². The molecule has 1 saturated heterocycles. The molecule has 1 aliphatic heterocycles. The fraction of sp³-hybridized carbons (Fsp3) is 0.500. The SMILES string of the molecule is CC1CCN(S(=O)(=O)c2cccc(Cl)c2)CC1O. The van der Waals surface area contributed by atoms with Gasteiger partial charge < -0.3 is 5.11 Å². The zero-order chi connectivity index (χ0) is 13.3. The van der Waals surface area contributed by atoms with Crippen LogP contribution in [-0.2, 0) is 10.0 Å². The van der Waals surface area contributed by atoms with Crippen molar-refractivity contribution in [2.75, 3.05) is 13.1 Å². The molecule has 2 atom stereocenters. The number of hydrogen-bond acceptors (Lipinski definition) is 3. The lowest BCUT2D eigenvalue weighted by molar-refractivity contribution is 0.0605. The van der Waals surface area contributed by atoms with Crippen LogP contribution >= 0.6 is 11.6 Å². The second kappa shape index (κ2) is 5.17. The lowest BCUT2D eigenvalue weighted by Crippen LogP contribution is -2.45. The van der Waals surface area contributed by atoms with Gasteiger partial charge in [-0.25, -0.2) is 8.42 Å². The summed E-state index contributed by atoms with van der Waals surface area (Å²) in [5.41, 5.74) is 0. The minimum atomic E-state index is -3.55. The van der Waals surface area contributed by atoms with E-state index in [1.54, 1.807) is 12.1 Å². The van der Waals surface area contributed by atoms with E-state index in [1.807, 2.05) is 6.92 Å². The van der Waals surface area contributed by atoms with Crippen LogP contribution in [0.2, 0.25) is 5.02 Å². The molecule has 0 saturated carbocycles.